The minimum atomic E-state index is -1.26. The molecule has 4 aromatic rings. The number of halogens is 3. The molecule has 0 N–H and O–H groups in total. The van der Waals surface area contributed by atoms with Crippen molar-refractivity contribution in [3.8, 4) is 11.3 Å². The van der Waals surface area contributed by atoms with Crippen molar-refractivity contribution in [3.05, 3.63) is 64.8 Å². The van der Waals surface area contributed by atoms with Gasteiger partial charge in [0.15, 0.2) is 17.3 Å². The van der Waals surface area contributed by atoms with Crippen molar-refractivity contribution in [1.82, 2.24) is 29.7 Å². The molecule has 0 unspecified atom stereocenters. The third-order valence-electron chi connectivity index (χ3n) is 7.02. The van der Waals surface area contributed by atoms with Crippen LogP contribution in [0.4, 0.5) is 13.2 Å². The third kappa shape index (κ3) is 4.13. The van der Waals surface area contributed by atoms with Crippen LogP contribution >= 0.6 is 0 Å². The number of benzene rings is 1. The van der Waals surface area contributed by atoms with Crippen molar-refractivity contribution in [3.63, 3.8) is 0 Å². The number of fused-ring (bicyclic) bond motifs is 1. The van der Waals surface area contributed by atoms with E-state index in [0.29, 0.717) is 47.8 Å². The Balaban J connectivity index is 1.45. The molecule has 1 saturated carbocycles. The van der Waals surface area contributed by atoms with Crippen LogP contribution in [0.25, 0.3) is 22.4 Å². The van der Waals surface area contributed by atoms with E-state index in [1.165, 1.54) is 0 Å². The highest BCUT2D eigenvalue weighted by atomic mass is 19.2. The van der Waals surface area contributed by atoms with Crippen LogP contribution in [0.15, 0.2) is 24.5 Å². The zero-order chi connectivity index (χ0) is 25.1. The lowest BCUT2D eigenvalue weighted by Gasteiger charge is -2.33. The Morgan fingerprint density at radius 1 is 0.917 bits per heavy atom. The lowest BCUT2D eigenvalue weighted by atomic mass is 9.89. The van der Waals surface area contributed by atoms with Gasteiger partial charge in [-0.05, 0) is 52.5 Å². The molecule has 0 amide bonds. The number of rotatable bonds is 4. The van der Waals surface area contributed by atoms with Gasteiger partial charge >= 0.3 is 0 Å². The molecule has 2 fully saturated rings. The Bertz CT molecular complexity index is 1480. The monoisotopic (exact) mass is 494 g/mol. The molecule has 10 heteroatoms. The molecule has 0 radical (unpaired) electrons. The van der Waals surface area contributed by atoms with Gasteiger partial charge < -0.3 is 4.74 Å². The number of nitrogens with zero attached hydrogens (tertiary/aromatic N) is 6. The number of aromatic nitrogens is 6. The summed E-state index contributed by atoms with van der Waals surface area (Å²) in [6.07, 6.45) is 7.14. The lowest BCUT2D eigenvalue weighted by Crippen LogP contribution is -2.26. The zero-order valence-electron chi connectivity index (χ0n) is 20.2. The van der Waals surface area contributed by atoms with Crippen LogP contribution in [-0.4, -0.2) is 35.8 Å². The van der Waals surface area contributed by atoms with Gasteiger partial charge in [0.05, 0.1) is 35.8 Å². The first-order valence-corrected chi connectivity index (χ1v) is 12.1. The summed E-state index contributed by atoms with van der Waals surface area (Å²) >= 11 is 0. The summed E-state index contributed by atoms with van der Waals surface area (Å²) in [4.78, 5) is 18.5. The van der Waals surface area contributed by atoms with E-state index in [4.69, 9.17) is 9.72 Å². The fraction of sp³-hybridized carbons (Fsp3) is 0.423. The van der Waals surface area contributed by atoms with Gasteiger partial charge in [-0.2, -0.15) is 5.10 Å². The SMILES string of the molecule is Cc1nc2nc([C@H]3C[C@@H](C)O[C@H](c4cnn(C5CC5)c4)C3)nc(-c3cc(F)c(F)cc3F)c2nc1C. The average Bonchev–Trinajstić information content (AvgIpc) is 3.57. The molecule has 3 aromatic heterocycles. The standard InChI is InChI=1S/C26H25F3N6O/c1-12-6-15(7-22(36-12)16-10-30-35(11-16)17-4-5-17)25-33-23(18-8-20(28)21(29)9-19(18)27)24-26(34-25)32-14(3)13(2)31-24/h8-12,15,17,22H,4-7H2,1-3H3/t12-,15+,22+/m1/s1. The predicted octanol–water partition coefficient (Wildman–Crippen LogP) is 5.68. The Morgan fingerprint density at radius 3 is 2.44 bits per heavy atom. The first-order valence-electron chi connectivity index (χ1n) is 12.1. The highest BCUT2D eigenvalue weighted by Gasteiger charge is 2.34. The Labute approximate surface area is 205 Å². The Hall–Kier alpha value is -3.40. The Morgan fingerprint density at radius 2 is 1.67 bits per heavy atom. The van der Waals surface area contributed by atoms with Crippen LogP contribution in [0.2, 0.25) is 0 Å². The van der Waals surface area contributed by atoms with Crippen molar-refractivity contribution >= 4 is 11.2 Å². The van der Waals surface area contributed by atoms with Crippen molar-refractivity contribution in [2.75, 3.05) is 0 Å². The number of aryl methyl sites for hydroxylation is 2. The summed E-state index contributed by atoms with van der Waals surface area (Å²) in [5.41, 5.74) is 2.75. The lowest BCUT2D eigenvalue weighted by molar-refractivity contribution is -0.0511. The molecule has 3 atom stereocenters. The fourth-order valence-corrected chi connectivity index (χ4v) is 4.83. The van der Waals surface area contributed by atoms with Gasteiger partial charge in [-0.25, -0.2) is 33.1 Å². The maximum Gasteiger partial charge on any atom is 0.182 e. The Kier molecular flexibility index (Phi) is 5.51. The van der Waals surface area contributed by atoms with Gasteiger partial charge in [0.2, 0.25) is 0 Å². The second-order valence-electron chi connectivity index (χ2n) is 9.83. The molecule has 0 spiro atoms. The van der Waals surface area contributed by atoms with Gasteiger partial charge in [0, 0.05) is 29.3 Å². The smallest absolute Gasteiger partial charge is 0.182 e. The van der Waals surface area contributed by atoms with Crippen LogP contribution < -0.4 is 0 Å². The minimum absolute atomic E-state index is 0.0772. The second kappa shape index (κ2) is 8.62. The molecule has 0 bridgehead atoms. The van der Waals surface area contributed by atoms with Crippen molar-refractivity contribution in [2.24, 2.45) is 0 Å². The maximum atomic E-state index is 14.9. The molecular formula is C26H25F3N6O. The van der Waals surface area contributed by atoms with E-state index < -0.39 is 17.5 Å². The molecule has 36 heavy (non-hydrogen) atoms. The molecule has 2 aliphatic rings. The largest absolute Gasteiger partial charge is 0.370 e. The zero-order valence-corrected chi connectivity index (χ0v) is 20.2. The van der Waals surface area contributed by atoms with E-state index >= 15 is 0 Å². The van der Waals surface area contributed by atoms with Crippen LogP contribution in [0.3, 0.4) is 0 Å². The van der Waals surface area contributed by atoms with Crippen molar-refractivity contribution < 1.29 is 17.9 Å². The fourth-order valence-electron chi connectivity index (χ4n) is 4.83. The molecule has 1 aliphatic heterocycles. The maximum absolute atomic E-state index is 14.9. The number of ether oxygens (including phenoxy) is 1. The van der Waals surface area contributed by atoms with Crippen LogP contribution in [0.1, 0.15) is 73.4 Å². The normalized spacial score (nSPS) is 22.3. The third-order valence-corrected chi connectivity index (χ3v) is 7.02. The van der Waals surface area contributed by atoms with Crippen molar-refractivity contribution in [1.29, 1.82) is 0 Å². The van der Waals surface area contributed by atoms with E-state index in [1.807, 2.05) is 30.9 Å². The van der Waals surface area contributed by atoms with Gasteiger partial charge in [-0.15, -0.1) is 0 Å². The topological polar surface area (TPSA) is 78.6 Å². The molecule has 6 rings (SSSR count). The van der Waals surface area contributed by atoms with Crippen LogP contribution in [0, 0.1) is 31.3 Å². The highest BCUT2D eigenvalue weighted by molar-refractivity contribution is 5.87. The summed E-state index contributed by atoms with van der Waals surface area (Å²) in [7, 11) is 0. The van der Waals surface area contributed by atoms with Crippen LogP contribution in [0.5, 0.6) is 0 Å². The van der Waals surface area contributed by atoms with Crippen LogP contribution in [-0.2, 0) is 4.74 Å². The van der Waals surface area contributed by atoms with Gasteiger partial charge in [-0.3, -0.25) is 4.68 Å². The number of hydrogen-bond acceptors (Lipinski definition) is 6. The molecular weight excluding hydrogens is 469 g/mol. The first-order chi connectivity index (χ1) is 17.3. The highest BCUT2D eigenvalue weighted by Crippen LogP contribution is 2.41. The van der Waals surface area contributed by atoms with E-state index in [1.54, 1.807) is 6.92 Å². The van der Waals surface area contributed by atoms with Gasteiger partial charge in [0.25, 0.3) is 0 Å². The summed E-state index contributed by atoms with van der Waals surface area (Å²) in [5, 5.41) is 4.49. The minimum Gasteiger partial charge on any atom is -0.370 e. The average molecular weight is 495 g/mol. The quantitative estimate of drug-likeness (QED) is 0.340. The molecule has 4 heterocycles. The molecule has 186 valence electrons. The van der Waals surface area contributed by atoms with E-state index in [2.05, 4.69) is 20.1 Å². The molecule has 1 aromatic carbocycles. The molecule has 1 aliphatic carbocycles. The molecule has 7 nitrogen and oxygen atoms in total. The predicted molar refractivity (Wildman–Crippen MR) is 126 cm³/mol. The second-order valence-corrected chi connectivity index (χ2v) is 9.83. The summed E-state index contributed by atoms with van der Waals surface area (Å²) in [5.74, 6) is -3.02. The van der Waals surface area contributed by atoms with Crippen molar-refractivity contribution in [2.45, 2.75) is 70.6 Å². The summed E-state index contributed by atoms with van der Waals surface area (Å²) in [6.45, 7) is 5.58. The van der Waals surface area contributed by atoms with E-state index in [-0.39, 0.29) is 34.9 Å². The molecule has 1 saturated heterocycles. The summed E-state index contributed by atoms with van der Waals surface area (Å²) in [6, 6.07) is 1.81. The van der Waals surface area contributed by atoms with Gasteiger partial charge in [-0.1, -0.05) is 0 Å². The first kappa shape index (κ1) is 23.0. The van der Waals surface area contributed by atoms with E-state index in [9.17, 15) is 13.2 Å². The van der Waals surface area contributed by atoms with E-state index in [0.717, 1.165) is 24.5 Å². The van der Waals surface area contributed by atoms with Gasteiger partial charge in [0.1, 0.15) is 22.9 Å². The number of hydrogen-bond donors (Lipinski definition) is 0. The summed E-state index contributed by atoms with van der Waals surface area (Å²) < 4.78 is 50.9.